The monoisotopic (exact) mass is 433 g/mol. The number of oxazole rings is 1. The lowest BCUT2D eigenvalue weighted by molar-refractivity contribution is 0.0945. The molecule has 0 bridgehead atoms. The second kappa shape index (κ2) is 10.1. The van der Waals surface area contributed by atoms with E-state index < -0.39 is 0 Å². The van der Waals surface area contributed by atoms with Crippen molar-refractivity contribution in [2.24, 2.45) is 0 Å². The van der Waals surface area contributed by atoms with Gasteiger partial charge in [0.05, 0.1) is 19.4 Å². The number of carbonyl (C=O) groups is 1. The maximum absolute atomic E-state index is 13.0. The minimum Gasteiger partial charge on any atom is -0.468 e. The number of rotatable bonds is 9. The number of nitrogens with zero attached hydrogens (tertiary/aromatic N) is 2. The van der Waals surface area contributed by atoms with Crippen LogP contribution < -0.4 is 5.32 Å². The average Bonchev–Trinajstić information content (AvgIpc) is 3.50. The van der Waals surface area contributed by atoms with Crippen molar-refractivity contribution in [3.63, 3.8) is 0 Å². The van der Waals surface area contributed by atoms with E-state index >= 15 is 0 Å². The van der Waals surface area contributed by atoms with E-state index in [0.29, 0.717) is 19.0 Å². The third kappa shape index (κ3) is 5.50. The molecule has 0 aliphatic carbocycles. The van der Waals surface area contributed by atoms with Gasteiger partial charge in [0.1, 0.15) is 17.8 Å². The minimum absolute atomic E-state index is 0.0731. The van der Waals surface area contributed by atoms with Gasteiger partial charge in [0, 0.05) is 12.6 Å². The Balaban J connectivity index is 1.43. The van der Waals surface area contributed by atoms with Crippen molar-refractivity contribution in [3.05, 3.63) is 114 Å². The fourth-order valence-electron chi connectivity index (χ4n) is 3.41. The number of amides is 1. The molecule has 32 heavy (non-hydrogen) atoms. The summed E-state index contributed by atoms with van der Waals surface area (Å²) in [6.07, 6.45) is 3.00. The second-order valence-corrected chi connectivity index (χ2v) is 7.51. The molecular weight excluding hydrogens is 409 g/mol. The van der Waals surface area contributed by atoms with E-state index in [1.54, 1.807) is 18.4 Å². The summed E-state index contributed by atoms with van der Waals surface area (Å²) in [4.78, 5) is 19.0. The summed E-state index contributed by atoms with van der Waals surface area (Å²) < 4.78 is 24.1. The highest BCUT2D eigenvalue weighted by Crippen LogP contribution is 2.24. The van der Waals surface area contributed by atoms with Gasteiger partial charge in [-0.05, 0) is 42.3 Å². The summed E-state index contributed by atoms with van der Waals surface area (Å²) in [6, 6.07) is 20.0. The van der Waals surface area contributed by atoms with Gasteiger partial charge < -0.3 is 14.2 Å². The largest absolute Gasteiger partial charge is 0.468 e. The van der Waals surface area contributed by atoms with Gasteiger partial charge in [-0.1, -0.05) is 42.5 Å². The van der Waals surface area contributed by atoms with Crippen LogP contribution in [0.4, 0.5) is 4.39 Å². The van der Waals surface area contributed by atoms with Gasteiger partial charge in [-0.3, -0.25) is 9.69 Å². The predicted octanol–water partition coefficient (Wildman–Crippen LogP) is 5.10. The van der Waals surface area contributed by atoms with Crippen molar-refractivity contribution in [3.8, 4) is 0 Å². The van der Waals surface area contributed by atoms with Crippen molar-refractivity contribution in [2.75, 3.05) is 0 Å². The third-order valence-corrected chi connectivity index (χ3v) is 5.26. The van der Waals surface area contributed by atoms with Crippen LogP contribution in [0.1, 0.15) is 46.2 Å². The smallest absolute Gasteiger partial charge is 0.273 e. The number of hydrogen-bond acceptors (Lipinski definition) is 5. The number of halogens is 1. The number of benzene rings is 2. The van der Waals surface area contributed by atoms with Gasteiger partial charge in [0.25, 0.3) is 5.91 Å². The molecule has 1 amide bonds. The maximum atomic E-state index is 13.0. The molecule has 2 aromatic carbocycles. The first-order valence-corrected chi connectivity index (χ1v) is 10.4. The Kier molecular flexibility index (Phi) is 6.77. The highest BCUT2D eigenvalue weighted by molar-refractivity contribution is 5.91. The molecule has 4 rings (SSSR count). The Morgan fingerprint density at radius 1 is 1.03 bits per heavy atom. The molecule has 6 nitrogen and oxygen atoms in total. The van der Waals surface area contributed by atoms with Crippen LogP contribution in [0.2, 0.25) is 0 Å². The second-order valence-electron chi connectivity index (χ2n) is 7.51. The molecule has 2 aromatic heterocycles. The van der Waals surface area contributed by atoms with Crippen molar-refractivity contribution < 1.29 is 18.0 Å². The zero-order valence-corrected chi connectivity index (χ0v) is 17.7. The van der Waals surface area contributed by atoms with Gasteiger partial charge in [-0.2, -0.15) is 0 Å². The van der Waals surface area contributed by atoms with Crippen LogP contribution in [0.5, 0.6) is 0 Å². The predicted molar refractivity (Wildman–Crippen MR) is 117 cm³/mol. The Hall–Kier alpha value is -3.71. The minimum atomic E-state index is -0.349. The molecule has 0 spiro atoms. The summed E-state index contributed by atoms with van der Waals surface area (Å²) in [5.74, 6) is 0.603. The van der Waals surface area contributed by atoms with E-state index in [1.807, 2.05) is 30.3 Å². The fraction of sp³-hybridized carbons (Fsp3) is 0.200. The molecule has 164 valence electrons. The first-order valence-electron chi connectivity index (χ1n) is 10.4. The molecule has 0 aliphatic heterocycles. The Labute approximate surface area is 185 Å². The lowest BCUT2D eigenvalue weighted by Gasteiger charge is -2.27. The number of nitrogens with one attached hydrogen (secondary N) is 1. The maximum Gasteiger partial charge on any atom is 0.273 e. The van der Waals surface area contributed by atoms with Crippen LogP contribution in [0.15, 0.2) is 88.1 Å². The molecule has 0 saturated carbocycles. The molecule has 2 heterocycles. The molecule has 0 aliphatic rings. The molecule has 0 saturated heterocycles. The highest BCUT2D eigenvalue weighted by Gasteiger charge is 2.21. The zero-order chi connectivity index (χ0) is 22.3. The lowest BCUT2D eigenvalue weighted by atomic mass is 10.1. The van der Waals surface area contributed by atoms with Crippen LogP contribution in [-0.2, 0) is 19.6 Å². The number of hydrogen-bond donors (Lipinski definition) is 1. The molecule has 1 atom stereocenters. The van der Waals surface area contributed by atoms with Gasteiger partial charge in [-0.15, -0.1) is 0 Å². The molecule has 0 radical (unpaired) electrons. The van der Waals surface area contributed by atoms with Crippen molar-refractivity contribution in [2.45, 2.75) is 32.6 Å². The zero-order valence-electron chi connectivity index (χ0n) is 17.7. The van der Waals surface area contributed by atoms with E-state index in [4.69, 9.17) is 8.83 Å². The number of carbonyl (C=O) groups excluding carboxylic acids is 1. The summed E-state index contributed by atoms with van der Waals surface area (Å²) >= 11 is 0. The van der Waals surface area contributed by atoms with Gasteiger partial charge in [-0.25, -0.2) is 9.37 Å². The SMILES string of the molecule is CC(c1ccccc1)N(Cc1ccco1)Cc1nc(C(=O)NCc2ccc(F)cc2)co1. The fourth-order valence-corrected chi connectivity index (χ4v) is 3.41. The van der Waals surface area contributed by atoms with Crippen LogP contribution in [0, 0.1) is 5.82 Å². The number of furan rings is 1. The van der Waals surface area contributed by atoms with E-state index in [1.165, 1.54) is 18.4 Å². The quantitative estimate of drug-likeness (QED) is 0.398. The number of aromatic nitrogens is 1. The molecule has 7 heteroatoms. The Morgan fingerprint density at radius 3 is 2.53 bits per heavy atom. The molecular formula is C25H24FN3O3. The molecule has 0 fully saturated rings. The Morgan fingerprint density at radius 2 is 1.81 bits per heavy atom. The average molecular weight is 433 g/mol. The van der Waals surface area contributed by atoms with E-state index in [0.717, 1.165) is 16.9 Å². The van der Waals surface area contributed by atoms with Gasteiger partial charge in [0.15, 0.2) is 5.69 Å². The summed E-state index contributed by atoms with van der Waals surface area (Å²) in [5.41, 5.74) is 2.15. The van der Waals surface area contributed by atoms with Gasteiger partial charge >= 0.3 is 0 Å². The van der Waals surface area contributed by atoms with E-state index in [2.05, 4.69) is 34.3 Å². The van der Waals surface area contributed by atoms with Crippen molar-refractivity contribution in [1.82, 2.24) is 15.2 Å². The lowest BCUT2D eigenvalue weighted by Crippen LogP contribution is -2.26. The van der Waals surface area contributed by atoms with Crippen LogP contribution in [0.3, 0.4) is 0 Å². The topological polar surface area (TPSA) is 71.5 Å². The van der Waals surface area contributed by atoms with Crippen molar-refractivity contribution in [1.29, 1.82) is 0 Å². The highest BCUT2D eigenvalue weighted by atomic mass is 19.1. The summed E-state index contributed by atoms with van der Waals surface area (Å²) in [5, 5.41) is 2.77. The van der Waals surface area contributed by atoms with Crippen molar-refractivity contribution >= 4 is 5.91 Å². The first-order chi connectivity index (χ1) is 15.6. The summed E-state index contributed by atoms with van der Waals surface area (Å²) in [7, 11) is 0. The molecule has 1 N–H and O–H groups in total. The normalized spacial score (nSPS) is 12.1. The molecule has 4 aromatic rings. The molecule has 1 unspecified atom stereocenters. The standard InChI is InChI=1S/C25H24FN3O3/c1-18(20-6-3-2-4-7-20)29(15-22-8-5-13-31-22)16-24-28-23(17-32-24)25(30)27-14-19-9-11-21(26)12-10-19/h2-13,17-18H,14-16H2,1H3,(H,27,30). The van der Waals surface area contributed by atoms with E-state index in [9.17, 15) is 9.18 Å². The summed E-state index contributed by atoms with van der Waals surface area (Å²) in [6.45, 7) is 3.36. The van der Waals surface area contributed by atoms with E-state index in [-0.39, 0.29) is 30.0 Å². The first kappa shape index (κ1) is 21.5. The van der Waals surface area contributed by atoms with Crippen LogP contribution in [0.25, 0.3) is 0 Å². The van der Waals surface area contributed by atoms with Gasteiger partial charge in [0.2, 0.25) is 5.89 Å². The van der Waals surface area contributed by atoms with Crippen LogP contribution >= 0.6 is 0 Å². The van der Waals surface area contributed by atoms with Crippen LogP contribution in [-0.4, -0.2) is 15.8 Å². The Bertz CT molecular complexity index is 1120. The third-order valence-electron chi connectivity index (χ3n) is 5.26.